The average molecular weight is 345 g/mol. The fourth-order valence-electron chi connectivity index (χ4n) is 4.29. The summed E-state index contributed by atoms with van der Waals surface area (Å²) in [6.07, 6.45) is 5.80. The molecule has 1 heterocycles. The Morgan fingerprint density at radius 2 is 2.16 bits per heavy atom. The molecule has 1 aliphatic heterocycles. The predicted octanol–water partition coefficient (Wildman–Crippen LogP) is 2.60. The van der Waals surface area contributed by atoms with Crippen molar-refractivity contribution in [2.75, 3.05) is 6.79 Å². The second-order valence-corrected chi connectivity index (χ2v) is 7.09. The van der Waals surface area contributed by atoms with Gasteiger partial charge in [0.2, 0.25) is 12.7 Å². The van der Waals surface area contributed by atoms with E-state index >= 15 is 0 Å². The molecule has 3 aliphatic rings. The molecule has 0 saturated heterocycles. The van der Waals surface area contributed by atoms with Crippen molar-refractivity contribution in [1.29, 1.82) is 0 Å². The molecular weight excluding hydrogens is 326 g/mol. The Morgan fingerprint density at radius 3 is 2.84 bits per heavy atom. The van der Waals surface area contributed by atoms with Gasteiger partial charge in [-0.25, -0.2) is 5.43 Å². The molecular formula is C17H19N3O5. The summed E-state index contributed by atoms with van der Waals surface area (Å²) in [6.45, 7) is 2.19. The molecule has 8 nitrogen and oxygen atoms in total. The first-order valence-electron chi connectivity index (χ1n) is 8.41. The van der Waals surface area contributed by atoms with E-state index in [2.05, 4.69) is 17.5 Å². The number of carbonyl (C=O) groups is 1. The Morgan fingerprint density at radius 1 is 1.40 bits per heavy atom. The summed E-state index contributed by atoms with van der Waals surface area (Å²) in [5, 5.41) is 15.1. The first-order chi connectivity index (χ1) is 12.0. The molecule has 1 N–H and O–H groups in total. The van der Waals surface area contributed by atoms with Crippen molar-refractivity contribution >= 4 is 17.8 Å². The Labute approximate surface area is 144 Å². The lowest BCUT2D eigenvalue weighted by atomic mass is 9.90. The van der Waals surface area contributed by atoms with Gasteiger partial charge in [0, 0.05) is 5.92 Å². The van der Waals surface area contributed by atoms with Crippen molar-refractivity contribution in [3.63, 3.8) is 0 Å². The van der Waals surface area contributed by atoms with Crippen molar-refractivity contribution in [3.8, 4) is 11.5 Å². The van der Waals surface area contributed by atoms with E-state index in [1.807, 2.05) is 0 Å². The number of nitro groups is 1. The molecule has 2 fully saturated rings. The highest BCUT2D eigenvalue weighted by Gasteiger charge is 2.64. The highest BCUT2D eigenvalue weighted by molar-refractivity contribution is 5.89. The molecule has 2 aliphatic carbocycles. The van der Waals surface area contributed by atoms with E-state index in [0.29, 0.717) is 17.4 Å². The molecule has 4 rings (SSSR count). The van der Waals surface area contributed by atoms with Crippen LogP contribution in [0, 0.1) is 27.4 Å². The number of amides is 1. The van der Waals surface area contributed by atoms with E-state index < -0.39 is 4.92 Å². The Balaban J connectivity index is 1.47. The van der Waals surface area contributed by atoms with Gasteiger partial charge >= 0.3 is 0 Å². The van der Waals surface area contributed by atoms with Gasteiger partial charge in [0.1, 0.15) is 0 Å². The van der Waals surface area contributed by atoms with Crippen LogP contribution in [0.3, 0.4) is 0 Å². The lowest BCUT2D eigenvalue weighted by molar-refractivity contribution is -0.385. The van der Waals surface area contributed by atoms with Crippen LogP contribution in [0.5, 0.6) is 11.5 Å². The Hall–Kier alpha value is -2.64. The van der Waals surface area contributed by atoms with E-state index in [1.54, 1.807) is 0 Å². The molecule has 8 heteroatoms. The number of hydrazone groups is 1. The molecule has 25 heavy (non-hydrogen) atoms. The standard InChI is InChI=1S/C17H19N3O5/c1-17-5-3-2-4-11(17)15(17)16(21)19-18-8-10-6-13-14(25-9-24-13)7-12(10)20(22)23/h6-8,11,15H,2-5,9H2,1H3,(H,19,21). The molecule has 0 spiro atoms. The van der Waals surface area contributed by atoms with Crippen molar-refractivity contribution < 1.29 is 19.2 Å². The molecule has 0 bridgehead atoms. The maximum absolute atomic E-state index is 12.4. The van der Waals surface area contributed by atoms with Crippen LogP contribution in [0.4, 0.5) is 5.69 Å². The summed E-state index contributed by atoms with van der Waals surface area (Å²) in [7, 11) is 0. The van der Waals surface area contributed by atoms with Crippen LogP contribution in [0.1, 0.15) is 38.2 Å². The van der Waals surface area contributed by atoms with E-state index in [-0.39, 0.29) is 35.3 Å². The number of nitrogens with zero attached hydrogens (tertiary/aromatic N) is 2. The minimum atomic E-state index is -0.512. The second kappa shape index (κ2) is 5.72. The molecule has 1 aromatic carbocycles. The van der Waals surface area contributed by atoms with Crippen molar-refractivity contribution in [3.05, 3.63) is 27.8 Å². The third-order valence-corrected chi connectivity index (χ3v) is 5.71. The summed E-state index contributed by atoms with van der Waals surface area (Å²) >= 11 is 0. The van der Waals surface area contributed by atoms with Gasteiger partial charge < -0.3 is 9.47 Å². The number of rotatable bonds is 4. The van der Waals surface area contributed by atoms with Gasteiger partial charge in [0.05, 0.1) is 22.8 Å². The van der Waals surface area contributed by atoms with Crippen LogP contribution in [-0.2, 0) is 4.79 Å². The first kappa shape index (κ1) is 15.9. The number of ether oxygens (including phenoxy) is 2. The smallest absolute Gasteiger partial charge is 0.282 e. The highest BCUT2D eigenvalue weighted by Crippen LogP contribution is 2.66. The third-order valence-electron chi connectivity index (χ3n) is 5.71. The number of carbonyl (C=O) groups excluding carboxylic acids is 1. The quantitative estimate of drug-likeness (QED) is 0.513. The summed E-state index contributed by atoms with van der Waals surface area (Å²) < 4.78 is 10.4. The van der Waals surface area contributed by atoms with Crippen molar-refractivity contribution in [2.45, 2.75) is 32.6 Å². The fraction of sp³-hybridized carbons (Fsp3) is 0.529. The van der Waals surface area contributed by atoms with Crippen LogP contribution in [-0.4, -0.2) is 23.8 Å². The van der Waals surface area contributed by atoms with Crippen molar-refractivity contribution in [1.82, 2.24) is 5.43 Å². The molecule has 1 amide bonds. The number of hydrogen-bond donors (Lipinski definition) is 1. The second-order valence-electron chi connectivity index (χ2n) is 7.09. The van der Waals surface area contributed by atoms with E-state index in [1.165, 1.54) is 31.2 Å². The minimum Gasteiger partial charge on any atom is -0.454 e. The number of fused-ring (bicyclic) bond motifs is 2. The van der Waals surface area contributed by atoms with Crippen LogP contribution < -0.4 is 14.9 Å². The highest BCUT2D eigenvalue weighted by atomic mass is 16.7. The van der Waals surface area contributed by atoms with Crippen LogP contribution in [0.25, 0.3) is 0 Å². The molecule has 3 atom stereocenters. The zero-order chi connectivity index (χ0) is 17.6. The summed E-state index contributed by atoms with van der Waals surface area (Å²) in [5.41, 5.74) is 2.76. The largest absolute Gasteiger partial charge is 0.454 e. The normalized spacial score (nSPS) is 29.3. The summed E-state index contributed by atoms with van der Waals surface area (Å²) in [6, 6.07) is 2.80. The lowest BCUT2D eigenvalue weighted by Gasteiger charge is -2.15. The van der Waals surface area contributed by atoms with E-state index in [9.17, 15) is 14.9 Å². The average Bonchev–Trinajstić information content (AvgIpc) is 2.95. The SMILES string of the molecule is CC12CCCCC1C2C(=O)NN=Cc1cc2c(cc1[N+](=O)[O-])OCO2. The topological polar surface area (TPSA) is 103 Å². The number of nitrogens with one attached hydrogen (secondary N) is 1. The molecule has 2 saturated carbocycles. The van der Waals surface area contributed by atoms with Gasteiger partial charge in [-0.1, -0.05) is 19.8 Å². The monoisotopic (exact) mass is 345 g/mol. The molecule has 132 valence electrons. The predicted molar refractivity (Wildman–Crippen MR) is 88.5 cm³/mol. The lowest BCUT2D eigenvalue weighted by Crippen LogP contribution is -2.22. The van der Waals surface area contributed by atoms with Gasteiger partial charge in [-0.15, -0.1) is 0 Å². The van der Waals surface area contributed by atoms with Gasteiger partial charge in [-0.2, -0.15) is 5.10 Å². The molecule has 0 aromatic heterocycles. The third kappa shape index (κ3) is 2.61. The van der Waals surface area contributed by atoms with Crippen LogP contribution in [0.15, 0.2) is 17.2 Å². The Bertz CT molecular complexity index is 778. The fourth-order valence-corrected chi connectivity index (χ4v) is 4.29. The van der Waals surface area contributed by atoms with Gasteiger partial charge in [0.25, 0.3) is 5.69 Å². The van der Waals surface area contributed by atoms with Crippen molar-refractivity contribution in [2.24, 2.45) is 22.4 Å². The number of hydrogen-bond acceptors (Lipinski definition) is 6. The van der Waals surface area contributed by atoms with Crippen LogP contribution >= 0.6 is 0 Å². The first-order valence-corrected chi connectivity index (χ1v) is 8.41. The zero-order valence-electron chi connectivity index (χ0n) is 13.9. The molecule has 0 radical (unpaired) electrons. The summed E-state index contributed by atoms with van der Waals surface area (Å²) in [4.78, 5) is 23.1. The number of nitro benzene ring substituents is 1. The molecule has 1 aromatic rings. The summed E-state index contributed by atoms with van der Waals surface area (Å²) in [5.74, 6) is 1.10. The molecule has 3 unspecified atom stereocenters. The van der Waals surface area contributed by atoms with Gasteiger partial charge in [-0.3, -0.25) is 14.9 Å². The van der Waals surface area contributed by atoms with E-state index in [0.717, 1.165) is 12.8 Å². The van der Waals surface area contributed by atoms with Gasteiger partial charge in [-0.05, 0) is 30.2 Å². The minimum absolute atomic E-state index is 0.00103. The maximum atomic E-state index is 12.4. The zero-order valence-corrected chi connectivity index (χ0v) is 13.9. The maximum Gasteiger partial charge on any atom is 0.282 e. The van der Waals surface area contributed by atoms with Gasteiger partial charge in [0.15, 0.2) is 11.5 Å². The van der Waals surface area contributed by atoms with Crippen LogP contribution in [0.2, 0.25) is 0 Å². The number of benzene rings is 1. The Kier molecular flexibility index (Phi) is 3.63. The van der Waals surface area contributed by atoms with E-state index in [4.69, 9.17) is 9.47 Å².